The molecule has 1 heterocycles. The Balaban J connectivity index is 1.77. The highest BCUT2D eigenvalue weighted by atomic mass is 32.2. The minimum absolute atomic E-state index is 0.0234. The lowest BCUT2D eigenvalue weighted by molar-refractivity contribution is -0.116. The van der Waals surface area contributed by atoms with Gasteiger partial charge in [-0.25, -0.2) is 8.42 Å². The molecule has 1 aliphatic heterocycles. The van der Waals surface area contributed by atoms with E-state index in [4.69, 9.17) is 4.74 Å². The lowest BCUT2D eigenvalue weighted by atomic mass is 10.2. The fourth-order valence-corrected chi connectivity index (χ4v) is 4.50. The number of nitrogens with zero attached hydrogens (tertiary/aromatic N) is 1. The van der Waals surface area contributed by atoms with Crippen LogP contribution in [0.5, 0.6) is 5.75 Å². The second kappa shape index (κ2) is 7.98. The van der Waals surface area contributed by atoms with Crippen molar-refractivity contribution in [3.8, 4) is 5.75 Å². The third kappa shape index (κ3) is 5.79. The summed E-state index contributed by atoms with van der Waals surface area (Å²) < 4.78 is 28.6. The molecule has 0 aliphatic carbocycles. The predicted molar refractivity (Wildman–Crippen MR) is 95.1 cm³/mol. The molecule has 1 aliphatic rings. The van der Waals surface area contributed by atoms with E-state index in [0.29, 0.717) is 19.4 Å². The van der Waals surface area contributed by atoms with E-state index in [1.165, 1.54) is 0 Å². The van der Waals surface area contributed by atoms with E-state index in [1.54, 1.807) is 0 Å². The van der Waals surface area contributed by atoms with Gasteiger partial charge >= 0.3 is 0 Å². The number of amides is 1. The van der Waals surface area contributed by atoms with Gasteiger partial charge in [0.1, 0.15) is 5.75 Å². The maximum absolute atomic E-state index is 12.0. The number of carbonyl (C=O) groups is 1. The molecule has 1 atom stereocenters. The second-order valence-electron chi connectivity index (χ2n) is 6.53. The number of anilines is 1. The van der Waals surface area contributed by atoms with Crippen LogP contribution in [0.2, 0.25) is 0 Å². The molecule has 2 rings (SSSR count). The lowest BCUT2D eigenvalue weighted by Gasteiger charge is -2.22. The molecule has 0 radical (unpaired) electrons. The van der Waals surface area contributed by atoms with Crippen molar-refractivity contribution in [1.29, 1.82) is 0 Å². The molecule has 1 unspecified atom stereocenters. The first-order valence-corrected chi connectivity index (χ1v) is 10.0. The fourth-order valence-electron chi connectivity index (χ4n) is 2.70. The quantitative estimate of drug-likeness (QED) is 0.810. The van der Waals surface area contributed by atoms with Gasteiger partial charge in [-0.15, -0.1) is 0 Å². The third-order valence-electron chi connectivity index (χ3n) is 4.03. The Bertz CT molecular complexity index is 656. The number of ether oxygens (including phenoxy) is 1. The van der Waals surface area contributed by atoms with Crippen LogP contribution >= 0.6 is 0 Å². The molecule has 1 fully saturated rings. The first-order valence-electron chi connectivity index (χ1n) is 8.22. The van der Waals surface area contributed by atoms with Crippen molar-refractivity contribution >= 4 is 21.4 Å². The molecule has 1 saturated heterocycles. The number of rotatable bonds is 7. The van der Waals surface area contributed by atoms with Crippen molar-refractivity contribution in [3.63, 3.8) is 0 Å². The highest BCUT2D eigenvalue weighted by Crippen LogP contribution is 2.18. The van der Waals surface area contributed by atoms with E-state index in [2.05, 4.69) is 5.32 Å². The predicted octanol–water partition coefficient (Wildman–Crippen LogP) is 1.92. The first-order chi connectivity index (χ1) is 11.2. The van der Waals surface area contributed by atoms with Crippen LogP contribution < -0.4 is 10.1 Å². The fraction of sp³-hybridized carbons (Fsp3) is 0.588. The molecule has 1 N–H and O–H groups in total. The Morgan fingerprint density at radius 1 is 1.33 bits per heavy atom. The maximum atomic E-state index is 12.0. The van der Waals surface area contributed by atoms with Crippen LogP contribution in [0.1, 0.15) is 26.7 Å². The Hall–Kier alpha value is -1.60. The summed E-state index contributed by atoms with van der Waals surface area (Å²) in [5, 5.41) is 2.85. The van der Waals surface area contributed by atoms with Crippen LogP contribution in [-0.2, 0) is 14.6 Å². The van der Waals surface area contributed by atoms with Gasteiger partial charge in [0.05, 0.1) is 17.6 Å². The topological polar surface area (TPSA) is 75.7 Å². The molecule has 0 spiro atoms. The minimum Gasteiger partial charge on any atom is -0.491 e. The molecule has 134 valence electrons. The molecule has 0 saturated carbocycles. The van der Waals surface area contributed by atoms with Gasteiger partial charge in [0, 0.05) is 24.7 Å². The van der Waals surface area contributed by atoms with Crippen LogP contribution in [0.4, 0.5) is 5.69 Å². The standard InChI is InChI=1S/C17H26N2O4S/c1-13(2)23-16-6-4-14(5-7-16)18-17(20)8-10-19(3)15-9-11-24(21,22)12-15/h4-7,13,15H,8-12H2,1-3H3,(H,18,20). The van der Waals surface area contributed by atoms with Crippen LogP contribution in [0, 0.1) is 0 Å². The van der Waals surface area contributed by atoms with Crippen molar-refractivity contribution in [2.24, 2.45) is 0 Å². The normalized spacial score (nSPS) is 19.6. The van der Waals surface area contributed by atoms with Crippen LogP contribution in [0.15, 0.2) is 24.3 Å². The second-order valence-corrected chi connectivity index (χ2v) is 8.76. The number of nitrogens with one attached hydrogen (secondary N) is 1. The number of sulfone groups is 1. The SMILES string of the molecule is CC(C)Oc1ccc(NC(=O)CCN(C)C2CCS(=O)(=O)C2)cc1. The summed E-state index contributed by atoms with van der Waals surface area (Å²) in [5.74, 6) is 1.13. The Morgan fingerprint density at radius 3 is 2.54 bits per heavy atom. The molecule has 0 bridgehead atoms. The summed E-state index contributed by atoms with van der Waals surface area (Å²) in [4.78, 5) is 14.0. The Kier molecular flexibility index (Phi) is 6.23. The average molecular weight is 354 g/mol. The van der Waals surface area contributed by atoms with E-state index < -0.39 is 9.84 Å². The highest BCUT2D eigenvalue weighted by Gasteiger charge is 2.30. The summed E-state index contributed by atoms with van der Waals surface area (Å²) in [6, 6.07) is 7.29. The van der Waals surface area contributed by atoms with Gasteiger partial charge in [-0.05, 0) is 51.6 Å². The van der Waals surface area contributed by atoms with E-state index in [1.807, 2.05) is 50.1 Å². The average Bonchev–Trinajstić information content (AvgIpc) is 2.86. The molecule has 1 aromatic carbocycles. The van der Waals surface area contributed by atoms with E-state index in [-0.39, 0.29) is 29.6 Å². The molecule has 1 amide bonds. The summed E-state index contributed by atoms with van der Waals surface area (Å²) in [7, 11) is -1.02. The van der Waals surface area contributed by atoms with Gasteiger partial charge in [-0.2, -0.15) is 0 Å². The first kappa shape index (κ1) is 18.7. The van der Waals surface area contributed by atoms with Crippen molar-refractivity contribution in [3.05, 3.63) is 24.3 Å². The molecule has 7 heteroatoms. The molecule has 24 heavy (non-hydrogen) atoms. The number of carbonyl (C=O) groups excluding carboxylic acids is 1. The number of benzene rings is 1. The van der Waals surface area contributed by atoms with Gasteiger partial charge < -0.3 is 15.0 Å². The smallest absolute Gasteiger partial charge is 0.225 e. The van der Waals surface area contributed by atoms with Gasteiger partial charge in [0.25, 0.3) is 0 Å². The zero-order valence-corrected chi connectivity index (χ0v) is 15.3. The van der Waals surface area contributed by atoms with Gasteiger partial charge in [-0.1, -0.05) is 0 Å². The van der Waals surface area contributed by atoms with Gasteiger partial charge in [0.2, 0.25) is 5.91 Å². The summed E-state index contributed by atoms with van der Waals surface area (Å²) >= 11 is 0. The maximum Gasteiger partial charge on any atom is 0.225 e. The van der Waals surface area contributed by atoms with Crippen molar-refractivity contribution in [2.75, 3.05) is 30.4 Å². The van der Waals surface area contributed by atoms with Crippen molar-refractivity contribution in [1.82, 2.24) is 4.90 Å². The summed E-state index contributed by atoms with van der Waals surface area (Å²) in [6.07, 6.45) is 1.09. The zero-order valence-electron chi connectivity index (χ0n) is 14.5. The van der Waals surface area contributed by atoms with Gasteiger partial charge in [0.15, 0.2) is 9.84 Å². The van der Waals surface area contributed by atoms with Crippen molar-refractivity contribution < 1.29 is 17.9 Å². The molecular formula is C17H26N2O4S. The molecule has 6 nitrogen and oxygen atoms in total. The van der Waals surface area contributed by atoms with Gasteiger partial charge in [-0.3, -0.25) is 4.79 Å². The molecule has 0 aromatic heterocycles. The molecular weight excluding hydrogens is 328 g/mol. The summed E-state index contributed by atoms with van der Waals surface area (Å²) in [5.41, 5.74) is 0.724. The van der Waals surface area contributed by atoms with E-state index in [9.17, 15) is 13.2 Å². The third-order valence-corrected chi connectivity index (χ3v) is 5.78. The Morgan fingerprint density at radius 2 is 2.00 bits per heavy atom. The minimum atomic E-state index is -2.89. The zero-order chi connectivity index (χ0) is 17.7. The number of hydrogen-bond acceptors (Lipinski definition) is 5. The van der Waals surface area contributed by atoms with E-state index >= 15 is 0 Å². The molecule has 1 aromatic rings. The summed E-state index contributed by atoms with van der Waals surface area (Å²) in [6.45, 7) is 4.46. The Labute approximate surface area is 144 Å². The number of hydrogen-bond donors (Lipinski definition) is 1. The largest absolute Gasteiger partial charge is 0.491 e. The van der Waals surface area contributed by atoms with Crippen LogP contribution in [0.25, 0.3) is 0 Å². The van der Waals surface area contributed by atoms with Crippen molar-refractivity contribution in [2.45, 2.75) is 38.8 Å². The van der Waals surface area contributed by atoms with Crippen LogP contribution in [0.3, 0.4) is 0 Å². The van der Waals surface area contributed by atoms with Crippen LogP contribution in [-0.4, -0.2) is 56.5 Å². The lowest BCUT2D eigenvalue weighted by Crippen LogP contribution is -2.35. The monoisotopic (exact) mass is 354 g/mol. The van der Waals surface area contributed by atoms with E-state index in [0.717, 1.165) is 11.4 Å². The highest BCUT2D eigenvalue weighted by molar-refractivity contribution is 7.91.